The monoisotopic (exact) mass is 437 g/mol. The van der Waals surface area contributed by atoms with Crippen LogP contribution in [0.2, 0.25) is 0 Å². The molecule has 0 aliphatic carbocycles. The Kier molecular flexibility index (Phi) is 7.70. The van der Waals surface area contributed by atoms with Crippen molar-refractivity contribution in [1.29, 1.82) is 0 Å². The summed E-state index contributed by atoms with van der Waals surface area (Å²) in [5.41, 5.74) is 2.21. The third-order valence-corrected chi connectivity index (χ3v) is 5.42. The van der Waals surface area contributed by atoms with Crippen molar-refractivity contribution >= 4 is 17.4 Å². The van der Waals surface area contributed by atoms with Crippen LogP contribution in [0.3, 0.4) is 0 Å². The maximum absolute atomic E-state index is 13.0. The number of aryl methyl sites for hydroxylation is 1. The summed E-state index contributed by atoms with van der Waals surface area (Å²) in [5.74, 6) is -0.334. The molecule has 1 saturated heterocycles. The summed E-state index contributed by atoms with van der Waals surface area (Å²) < 4.78 is 10.9. The summed E-state index contributed by atoms with van der Waals surface area (Å²) in [5, 5.41) is 11.2. The maximum Gasteiger partial charge on any atom is 0.295 e. The molecule has 1 amide bonds. The van der Waals surface area contributed by atoms with E-state index in [1.165, 1.54) is 4.90 Å². The van der Waals surface area contributed by atoms with E-state index in [2.05, 4.69) is 13.8 Å². The lowest BCUT2D eigenvalue weighted by molar-refractivity contribution is -0.140. The summed E-state index contributed by atoms with van der Waals surface area (Å²) in [7, 11) is 1.60. The molecule has 1 fully saturated rings. The third-order valence-electron chi connectivity index (χ3n) is 5.42. The second-order valence-corrected chi connectivity index (χ2v) is 8.43. The molecule has 0 spiro atoms. The quantitative estimate of drug-likeness (QED) is 0.271. The van der Waals surface area contributed by atoms with E-state index >= 15 is 0 Å². The zero-order valence-electron chi connectivity index (χ0n) is 19.1. The van der Waals surface area contributed by atoms with Gasteiger partial charge in [-0.2, -0.15) is 0 Å². The highest BCUT2D eigenvalue weighted by Gasteiger charge is 2.45. The van der Waals surface area contributed by atoms with Crippen LogP contribution in [0, 0.1) is 12.8 Å². The molecule has 6 heteroatoms. The second-order valence-electron chi connectivity index (χ2n) is 8.43. The number of likely N-dealkylation sites (tertiary alicyclic amines) is 1. The standard InChI is InChI=1S/C26H31NO5/c1-17(2)16-32-21-12-11-20(15-18(21)3)24(28)22-23(19-9-6-5-7-10-19)27(13-8-14-31-4)26(30)25(22)29/h5-7,9-12,15,17,23,28H,8,13-14,16H2,1-4H3/t23-/m1/s1. The number of amides is 1. The molecule has 0 unspecified atom stereocenters. The van der Waals surface area contributed by atoms with Crippen molar-refractivity contribution in [3.8, 4) is 5.75 Å². The second kappa shape index (κ2) is 10.5. The van der Waals surface area contributed by atoms with E-state index in [0.29, 0.717) is 37.7 Å². The van der Waals surface area contributed by atoms with Crippen LogP contribution in [0.5, 0.6) is 5.75 Å². The number of Topliss-reactive ketones (excluding diaryl/α,β-unsaturated/α-hetero) is 1. The van der Waals surface area contributed by atoms with Crippen LogP contribution in [0.4, 0.5) is 0 Å². The number of ketones is 1. The van der Waals surface area contributed by atoms with Gasteiger partial charge in [0, 0.05) is 25.8 Å². The van der Waals surface area contributed by atoms with E-state index in [-0.39, 0.29) is 11.3 Å². The van der Waals surface area contributed by atoms with Gasteiger partial charge in [0.2, 0.25) is 0 Å². The first-order valence-corrected chi connectivity index (χ1v) is 10.9. The van der Waals surface area contributed by atoms with E-state index in [1.807, 2.05) is 37.3 Å². The van der Waals surface area contributed by atoms with Gasteiger partial charge in [0.1, 0.15) is 11.5 Å². The van der Waals surface area contributed by atoms with Crippen LogP contribution in [0.25, 0.3) is 5.76 Å². The first-order valence-electron chi connectivity index (χ1n) is 10.9. The number of hydrogen-bond donors (Lipinski definition) is 1. The zero-order valence-corrected chi connectivity index (χ0v) is 19.1. The van der Waals surface area contributed by atoms with Crippen LogP contribution in [0.15, 0.2) is 54.1 Å². The van der Waals surface area contributed by atoms with Gasteiger partial charge in [0.15, 0.2) is 0 Å². The molecule has 2 aromatic carbocycles. The molecule has 1 atom stereocenters. The van der Waals surface area contributed by atoms with Crippen molar-refractivity contribution in [3.05, 3.63) is 70.8 Å². The Morgan fingerprint density at radius 2 is 1.84 bits per heavy atom. The number of benzene rings is 2. The number of ether oxygens (including phenoxy) is 2. The summed E-state index contributed by atoms with van der Waals surface area (Å²) >= 11 is 0. The number of methoxy groups -OCH3 is 1. The lowest BCUT2D eigenvalue weighted by atomic mass is 9.95. The number of carbonyl (C=O) groups excluding carboxylic acids is 2. The number of carbonyl (C=O) groups is 2. The van der Waals surface area contributed by atoms with Gasteiger partial charge >= 0.3 is 0 Å². The Labute approximate surface area is 189 Å². The first kappa shape index (κ1) is 23.5. The minimum atomic E-state index is -0.674. The predicted molar refractivity (Wildman–Crippen MR) is 123 cm³/mol. The van der Waals surface area contributed by atoms with E-state index < -0.39 is 17.7 Å². The van der Waals surface area contributed by atoms with Crippen LogP contribution in [-0.4, -0.2) is 48.6 Å². The van der Waals surface area contributed by atoms with Gasteiger partial charge in [-0.15, -0.1) is 0 Å². The van der Waals surface area contributed by atoms with Crippen molar-refractivity contribution in [2.24, 2.45) is 5.92 Å². The van der Waals surface area contributed by atoms with Gasteiger partial charge in [0.05, 0.1) is 18.2 Å². The third kappa shape index (κ3) is 5.02. The molecule has 0 aromatic heterocycles. The van der Waals surface area contributed by atoms with E-state index in [1.54, 1.807) is 25.3 Å². The van der Waals surface area contributed by atoms with E-state index in [0.717, 1.165) is 16.9 Å². The summed E-state index contributed by atoms with van der Waals surface area (Å²) in [4.78, 5) is 27.4. The molecule has 32 heavy (non-hydrogen) atoms. The topological polar surface area (TPSA) is 76.1 Å². The molecule has 1 heterocycles. The van der Waals surface area contributed by atoms with Crippen molar-refractivity contribution < 1.29 is 24.2 Å². The normalized spacial score (nSPS) is 17.9. The van der Waals surface area contributed by atoms with Crippen LogP contribution < -0.4 is 4.74 Å². The number of hydrogen-bond acceptors (Lipinski definition) is 5. The number of nitrogens with zero attached hydrogens (tertiary/aromatic N) is 1. The molecule has 0 bridgehead atoms. The predicted octanol–water partition coefficient (Wildman–Crippen LogP) is 4.49. The largest absolute Gasteiger partial charge is 0.507 e. The Morgan fingerprint density at radius 1 is 1.12 bits per heavy atom. The minimum Gasteiger partial charge on any atom is -0.507 e. The van der Waals surface area contributed by atoms with Crippen molar-refractivity contribution in [3.63, 3.8) is 0 Å². The molecule has 1 N–H and O–H groups in total. The van der Waals surface area contributed by atoms with Gasteiger partial charge in [-0.25, -0.2) is 0 Å². The average Bonchev–Trinajstić information content (AvgIpc) is 3.03. The SMILES string of the molecule is COCCCN1C(=O)C(=O)C(=C(O)c2ccc(OCC(C)C)c(C)c2)[C@H]1c1ccccc1. The molecule has 6 nitrogen and oxygen atoms in total. The van der Waals surface area contributed by atoms with Crippen LogP contribution in [0.1, 0.15) is 43.0 Å². The van der Waals surface area contributed by atoms with Crippen molar-refractivity contribution in [2.45, 2.75) is 33.2 Å². The number of aliphatic hydroxyl groups is 1. The van der Waals surface area contributed by atoms with Gasteiger partial charge in [-0.05, 0) is 48.6 Å². The molecule has 2 aromatic rings. The maximum atomic E-state index is 13.0. The highest BCUT2D eigenvalue weighted by molar-refractivity contribution is 6.46. The number of aliphatic hydroxyl groups excluding tert-OH is 1. The van der Waals surface area contributed by atoms with Gasteiger partial charge in [-0.3, -0.25) is 9.59 Å². The average molecular weight is 438 g/mol. The summed E-state index contributed by atoms with van der Waals surface area (Å²) in [6, 6.07) is 14.0. The minimum absolute atomic E-state index is 0.105. The molecule has 1 aliphatic heterocycles. The Balaban J connectivity index is 2.03. The zero-order chi connectivity index (χ0) is 23.3. The molecular formula is C26H31NO5. The van der Waals surface area contributed by atoms with Gasteiger partial charge in [0.25, 0.3) is 11.7 Å². The fourth-order valence-electron chi connectivity index (χ4n) is 3.84. The Morgan fingerprint density at radius 3 is 2.47 bits per heavy atom. The lowest BCUT2D eigenvalue weighted by Crippen LogP contribution is -2.31. The Bertz CT molecular complexity index is 997. The molecular weight excluding hydrogens is 406 g/mol. The molecule has 0 saturated carbocycles. The summed E-state index contributed by atoms with van der Waals surface area (Å²) in [6.45, 7) is 7.46. The molecule has 3 rings (SSSR count). The summed E-state index contributed by atoms with van der Waals surface area (Å²) in [6.07, 6.45) is 0.591. The fourth-order valence-corrected chi connectivity index (χ4v) is 3.84. The lowest BCUT2D eigenvalue weighted by Gasteiger charge is -2.25. The smallest absolute Gasteiger partial charge is 0.295 e. The van der Waals surface area contributed by atoms with Gasteiger partial charge in [-0.1, -0.05) is 44.2 Å². The van der Waals surface area contributed by atoms with Crippen molar-refractivity contribution in [1.82, 2.24) is 4.90 Å². The molecule has 0 radical (unpaired) electrons. The van der Waals surface area contributed by atoms with Crippen LogP contribution >= 0.6 is 0 Å². The first-order chi connectivity index (χ1) is 15.3. The van der Waals surface area contributed by atoms with Gasteiger partial charge < -0.3 is 19.5 Å². The van der Waals surface area contributed by atoms with E-state index in [4.69, 9.17) is 9.47 Å². The number of rotatable bonds is 9. The fraction of sp³-hybridized carbons (Fsp3) is 0.385. The molecule has 1 aliphatic rings. The van der Waals surface area contributed by atoms with Crippen LogP contribution in [-0.2, 0) is 14.3 Å². The Hall–Kier alpha value is -3.12. The van der Waals surface area contributed by atoms with Crippen molar-refractivity contribution in [2.75, 3.05) is 26.9 Å². The highest BCUT2D eigenvalue weighted by Crippen LogP contribution is 2.39. The van der Waals surface area contributed by atoms with E-state index in [9.17, 15) is 14.7 Å². The highest BCUT2D eigenvalue weighted by atomic mass is 16.5. The molecule has 170 valence electrons.